The summed E-state index contributed by atoms with van der Waals surface area (Å²) in [5, 5.41) is 3.49. The summed E-state index contributed by atoms with van der Waals surface area (Å²) in [5.74, 6) is 0. The Hall–Kier alpha value is -1.06. The number of nitrogens with one attached hydrogen (secondary N) is 2. The van der Waals surface area contributed by atoms with Gasteiger partial charge in [-0.25, -0.2) is 5.43 Å². The molecule has 0 atom stereocenters. The Bertz CT molecular complexity index is 433. The van der Waals surface area contributed by atoms with Crippen LogP contribution in [0, 0.1) is 0 Å². The Balaban J connectivity index is 2.46. The molecule has 1 aliphatic heterocycles. The van der Waals surface area contributed by atoms with Gasteiger partial charge in [-0.15, -0.1) is 11.3 Å². The lowest BCUT2D eigenvalue weighted by molar-refractivity contribution is 0.864. The summed E-state index contributed by atoms with van der Waals surface area (Å²) in [6.45, 7) is 0.938. The first-order chi connectivity index (χ1) is 5.95. The van der Waals surface area contributed by atoms with Gasteiger partial charge in [0.05, 0.1) is 5.69 Å². The molecule has 1 aromatic heterocycles. The van der Waals surface area contributed by atoms with Gasteiger partial charge in [0.1, 0.15) is 0 Å². The fraction of sp³-hybridized carbons (Fsp3) is 0.111. The maximum absolute atomic E-state index is 3.14. The molecule has 3 heteroatoms. The van der Waals surface area contributed by atoms with Crippen molar-refractivity contribution in [1.82, 2.24) is 5.43 Å². The number of rotatable bonds is 0. The molecular weight excluding hydrogens is 168 g/mol. The standard InChI is InChI=1S/C9H8N2S/c1-2-8-7(5-10-11-8)9-6(1)3-4-12-9/h1-4,10-11H,5H2. The second kappa shape index (κ2) is 2.21. The lowest BCUT2D eigenvalue weighted by Gasteiger charge is -1.97. The maximum atomic E-state index is 3.14. The number of hydrogen-bond donors (Lipinski definition) is 2. The van der Waals surface area contributed by atoms with Crippen LogP contribution in [0.2, 0.25) is 0 Å². The van der Waals surface area contributed by atoms with Crippen LogP contribution < -0.4 is 10.9 Å². The van der Waals surface area contributed by atoms with Crippen LogP contribution in [0.3, 0.4) is 0 Å². The van der Waals surface area contributed by atoms with Crippen LogP contribution in [0.4, 0.5) is 5.69 Å². The molecule has 2 heterocycles. The largest absolute Gasteiger partial charge is 0.321 e. The third-order valence-electron chi connectivity index (χ3n) is 2.21. The fourth-order valence-electron chi connectivity index (χ4n) is 1.61. The molecule has 1 aliphatic rings. The summed E-state index contributed by atoms with van der Waals surface area (Å²) in [5.41, 5.74) is 8.90. The Morgan fingerprint density at radius 1 is 1.25 bits per heavy atom. The first-order valence-electron chi connectivity index (χ1n) is 3.93. The van der Waals surface area contributed by atoms with Crippen molar-refractivity contribution in [3.05, 3.63) is 29.1 Å². The minimum absolute atomic E-state index is 0.938. The van der Waals surface area contributed by atoms with Crippen LogP contribution in [0.15, 0.2) is 23.6 Å². The molecule has 0 amide bonds. The molecule has 2 nitrogen and oxygen atoms in total. The lowest BCUT2D eigenvalue weighted by Crippen LogP contribution is -2.10. The van der Waals surface area contributed by atoms with Crippen molar-refractivity contribution in [3.8, 4) is 0 Å². The van der Waals surface area contributed by atoms with Crippen molar-refractivity contribution < 1.29 is 0 Å². The lowest BCUT2D eigenvalue weighted by atomic mass is 10.1. The molecule has 0 saturated heterocycles. The third-order valence-corrected chi connectivity index (χ3v) is 3.20. The van der Waals surface area contributed by atoms with Crippen LogP contribution in [0.1, 0.15) is 5.56 Å². The monoisotopic (exact) mass is 176 g/mol. The number of thiophene rings is 1. The van der Waals surface area contributed by atoms with E-state index >= 15 is 0 Å². The van der Waals surface area contributed by atoms with E-state index in [-0.39, 0.29) is 0 Å². The highest BCUT2D eigenvalue weighted by Crippen LogP contribution is 2.32. The van der Waals surface area contributed by atoms with Crippen molar-refractivity contribution in [2.24, 2.45) is 0 Å². The van der Waals surface area contributed by atoms with Gasteiger partial charge in [0.25, 0.3) is 0 Å². The average Bonchev–Trinajstić information content (AvgIpc) is 2.71. The molecule has 0 spiro atoms. The van der Waals surface area contributed by atoms with Crippen molar-refractivity contribution in [2.75, 3.05) is 5.43 Å². The van der Waals surface area contributed by atoms with E-state index in [0.29, 0.717) is 0 Å². The normalized spacial score (nSPS) is 14.7. The van der Waals surface area contributed by atoms with Crippen LogP contribution >= 0.6 is 11.3 Å². The van der Waals surface area contributed by atoms with Crippen LogP contribution in [-0.2, 0) is 6.54 Å². The molecule has 12 heavy (non-hydrogen) atoms. The van der Waals surface area contributed by atoms with Gasteiger partial charge in [-0.2, -0.15) is 0 Å². The Morgan fingerprint density at radius 2 is 2.25 bits per heavy atom. The van der Waals surface area contributed by atoms with Crippen molar-refractivity contribution in [1.29, 1.82) is 0 Å². The highest BCUT2D eigenvalue weighted by molar-refractivity contribution is 7.17. The summed E-state index contributed by atoms with van der Waals surface area (Å²) in [6.07, 6.45) is 0. The van der Waals surface area contributed by atoms with E-state index in [0.717, 1.165) is 6.54 Å². The third kappa shape index (κ3) is 0.722. The van der Waals surface area contributed by atoms with Gasteiger partial charge in [-0.1, -0.05) is 6.07 Å². The highest BCUT2D eigenvalue weighted by Gasteiger charge is 2.12. The summed E-state index contributed by atoms with van der Waals surface area (Å²) >= 11 is 1.81. The molecule has 0 aliphatic carbocycles. The maximum Gasteiger partial charge on any atom is 0.0547 e. The zero-order valence-electron chi connectivity index (χ0n) is 6.42. The number of hydrogen-bond acceptors (Lipinski definition) is 3. The first kappa shape index (κ1) is 6.46. The smallest absolute Gasteiger partial charge is 0.0547 e. The summed E-state index contributed by atoms with van der Waals surface area (Å²) < 4.78 is 1.41. The van der Waals surface area contributed by atoms with Gasteiger partial charge < -0.3 is 5.43 Å². The topological polar surface area (TPSA) is 24.1 Å². The molecule has 0 fully saturated rings. The Kier molecular flexibility index (Phi) is 1.19. The van der Waals surface area contributed by atoms with Gasteiger partial charge in [-0.05, 0) is 22.9 Å². The first-order valence-corrected chi connectivity index (χ1v) is 4.81. The van der Waals surface area contributed by atoms with E-state index in [1.165, 1.54) is 21.3 Å². The Labute approximate surface area is 74.2 Å². The average molecular weight is 176 g/mol. The van der Waals surface area contributed by atoms with E-state index in [9.17, 15) is 0 Å². The minimum atomic E-state index is 0.938. The molecule has 2 N–H and O–H groups in total. The SMILES string of the molecule is c1cc2ccc3c(c2s1)CNN3. The molecule has 1 aromatic carbocycles. The number of anilines is 1. The van der Waals surface area contributed by atoms with Crippen molar-refractivity contribution in [3.63, 3.8) is 0 Å². The zero-order chi connectivity index (χ0) is 7.97. The van der Waals surface area contributed by atoms with Gasteiger partial charge >= 0.3 is 0 Å². The molecular formula is C9H8N2S. The number of fused-ring (bicyclic) bond motifs is 3. The second-order valence-corrected chi connectivity index (χ2v) is 3.83. The molecule has 0 unspecified atom stereocenters. The van der Waals surface area contributed by atoms with Crippen LogP contribution in [0.5, 0.6) is 0 Å². The van der Waals surface area contributed by atoms with Crippen LogP contribution in [-0.4, -0.2) is 0 Å². The molecule has 60 valence electrons. The van der Waals surface area contributed by atoms with E-state index in [4.69, 9.17) is 0 Å². The van der Waals surface area contributed by atoms with Gasteiger partial charge in [-0.3, -0.25) is 0 Å². The van der Waals surface area contributed by atoms with Crippen molar-refractivity contribution >= 4 is 27.1 Å². The summed E-state index contributed by atoms with van der Waals surface area (Å²) in [7, 11) is 0. The predicted octanol–water partition coefficient (Wildman–Crippen LogP) is 2.33. The fourth-order valence-corrected chi connectivity index (χ4v) is 2.56. The van der Waals surface area contributed by atoms with Gasteiger partial charge in [0, 0.05) is 16.8 Å². The van der Waals surface area contributed by atoms with Crippen LogP contribution in [0.25, 0.3) is 10.1 Å². The molecule has 0 radical (unpaired) electrons. The highest BCUT2D eigenvalue weighted by atomic mass is 32.1. The van der Waals surface area contributed by atoms with Gasteiger partial charge in [0.2, 0.25) is 0 Å². The molecule has 2 aromatic rings. The van der Waals surface area contributed by atoms with Gasteiger partial charge in [0.15, 0.2) is 0 Å². The number of benzene rings is 1. The quantitative estimate of drug-likeness (QED) is 0.643. The summed E-state index contributed by atoms with van der Waals surface area (Å²) in [6, 6.07) is 6.45. The summed E-state index contributed by atoms with van der Waals surface area (Å²) in [4.78, 5) is 0. The predicted molar refractivity (Wildman–Crippen MR) is 52.3 cm³/mol. The minimum Gasteiger partial charge on any atom is -0.321 e. The molecule has 3 rings (SSSR count). The van der Waals surface area contributed by atoms with E-state index in [2.05, 4.69) is 34.4 Å². The zero-order valence-corrected chi connectivity index (χ0v) is 7.24. The van der Waals surface area contributed by atoms with Crippen molar-refractivity contribution in [2.45, 2.75) is 6.54 Å². The Morgan fingerprint density at radius 3 is 3.25 bits per heavy atom. The number of hydrazine groups is 1. The van der Waals surface area contributed by atoms with E-state index < -0.39 is 0 Å². The van der Waals surface area contributed by atoms with E-state index in [1.54, 1.807) is 0 Å². The second-order valence-electron chi connectivity index (χ2n) is 2.91. The van der Waals surface area contributed by atoms with E-state index in [1.807, 2.05) is 11.3 Å². The molecule has 0 bridgehead atoms. The molecule has 0 saturated carbocycles.